The zero-order valence-corrected chi connectivity index (χ0v) is 10.0. The zero-order valence-electron chi connectivity index (χ0n) is 10.0. The second-order valence-electron chi connectivity index (χ2n) is 4.44. The molecular weight excluding hydrogens is 223 g/mol. The molecule has 2 saturated heterocycles. The SMILES string of the molecule is N#CN1CCN(C(F)N2CCCOCC2)CC1. The van der Waals surface area contributed by atoms with Crippen molar-refractivity contribution < 1.29 is 9.13 Å². The Kier molecular flexibility index (Phi) is 4.54. The lowest BCUT2D eigenvalue weighted by molar-refractivity contribution is -0.0660. The van der Waals surface area contributed by atoms with E-state index in [0.717, 1.165) is 19.6 Å². The summed E-state index contributed by atoms with van der Waals surface area (Å²) in [6.07, 6.45) is 1.96. The number of alkyl halides is 1. The van der Waals surface area contributed by atoms with Gasteiger partial charge < -0.3 is 9.64 Å². The van der Waals surface area contributed by atoms with Crippen LogP contribution in [0.5, 0.6) is 0 Å². The number of hydrogen-bond donors (Lipinski definition) is 0. The van der Waals surface area contributed by atoms with Crippen molar-refractivity contribution in [2.24, 2.45) is 0 Å². The summed E-state index contributed by atoms with van der Waals surface area (Å²) in [6, 6.07) is 0. The van der Waals surface area contributed by atoms with Gasteiger partial charge in [0.1, 0.15) is 0 Å². The maximum Gasteiger partial charge on any atom is 0.210 e. The van der Waals surface area contributed by atoms with Gasteiger partial charge in [0.15, 0.2) is 6.19 Å². The normalized spacial score (nSPS) is 26.2. The van der Waals surface area contributed by atoms with Crippen molar-refractivity contribution >= 4 is 0 Å². The third-order valence-electron chi connectivity index (χ3n) is 3.32. The molecule has 1 unspecified atom stereocenters. The average Bonchev–Trinajstić information content (AvgIpc) is 2.67. The molecule has 2 rings (SSSR count). The smallest absolute Gasteiger partial charge is 0.210 e. The van der Waals surface area contributed by atoms with E-state index in [1.807, 2.05) is 4.90 Å². The molecule has 0 aromatic rings. The van der Waals surface area contributed by atoms with Gasteiger partial charge in [-0.3, -0.25) is 9.80 Å². The summed E-state index contributed by atoms with van der Waals surface area (Å²) in [6.45, 7) is 5.23. The van der Waals surface area contributed by atoms with Gasteiger partial charge in [-0.1, -0.05) is 0 Å². The van der Waals surface area contributed by atoms with Gasteiger partial charge in [-0.2, -0.15) is 5.26 Å². The minimum absolute atomic E-state index is 0.610. The van der Waals surface area contributed by atoms with E-state index in [9.17, 15) is 4.39 Å². The number of nitriles is 1. The highest BCUT2D eigenvalue weighted by Crippen LogP contribution is 2.13. The van der Waals surface area contributed by atoms with Crippen molar-refractivity contribution in [3.8, 4) is 6.19 Å². The second-order valence-corrected chi connectivity index (χ2v) is 4.44. The quantitative estimate of drug-likeness (QED) is 0.506. The Morgan fingerprint density at radius 2 is 1.71 bits per heavy atom. The first-order chi connectivity index (χ1) is 8.31. The number of nitrogens with zero attached hydrogens (tertiary/aromatic N) is 4. The first-order valence-corrected chi connectivity index (χ1v) is 6.16. The molecule has 2 aliphatic rings. The van der Waals surface area contributed by atoms with Crippen molar-refractivity contribution in [2.45, 2.75) is 12.8 Å². The van der Waals surface area contributed by atoms with Gasteiger partial charge in [-0.15, -0.1) is 0 Å². The summed E-state index contributed by atoms with van der Waals surface area (Å²) in [5.41, 5.74) is 0. The predicted molar refractivity (Wildman–Crippen MR) is 60.7 cm³/mol. The fraction of sp³-hybridized carbons (Fsp3) is 0.909. The van der Waals surface area contributed by atoms with Crippen molar-refractivity contribution in [3.63, 3.8) is 0 Å². The van der Waals surface area contributed by atoms with Gasteiger partial charge in [-0.25, -0.2) is 4.39 Å². The van der Waals surface area contributed by atoms with Crippen LogP contribution in [-0.4, -0.2) is 73.6 Å². The zero-order chi connectivity index (χ0) is 12.1. The van der Waals surface area contributed by atoms with Crippen LogP contribution in [0.2, 0.25) is 0 Å². The molecule has 6 heteroatoms. The predicted octanol–water partition coefficient (Wildman–Crippen LogP) is 0.0605. The minimum Gasteiger partial charge on any atom is -0.380 e. The lowest BCUT2D eigenvalue weighted by Crippen LogP contribution is -2.53. The molecule has 0 aromatic heterocycles. The monoisotopic (exact) mass is 242 g/mol. The Balaban J connectivity index is 1.83. The first-order valence-electron chi connectivity index (χ1n) is 6.16. The number of ether oxygens (including phenoxy) is 1. The van der Waals surface area contributed by atoms with Gasteiger partial charge in [0, 0.05) is 45.9 Å². The molecule has 0 saturated carbocycles. The van der Waals surface area contributed by atoms with Gasteiger partial charge in [0.25, 0.3) is 0 Å². The van der Waals surface area contributed by atoms with Crippen LogP contribution in [0.25, 0.3) is 0 Å². The maximum absolute atomic E-state index is 14.3. The summed E-state index contributed by atoms with van der Waals surface area (Å²) in [5, 5.41) is 8.74. The molecule has 5 nitrogen and oxygen atoms in total. The van der Waals surface area contributed by atoms with E-state index in [0.29, 0.717) is 39.3 Å². The third kappa shape index (κ3) is 3.28. The fourth-order valence-corrected chi connectivity index (χ4v) is 2.24. The molecule has 0 bridgehead atoms. The molecule has 0 aromatic carbocycles. The molecule has 0 spiro atoms. The fourth-order valence-electron chi connectivity index (χ4n) is 2.24. The molecular formula is C11H19FN4O. The van der Waals surface area contributed by atoms with Gasteiger partial charge in [-0.05, 0) is 6.42 Å². The Morgan fingerprint density at radius 3 is 2.41 bits per heavy atom. The highest BCUT2D eigenvalue weighted by atomic mass is 19.1. The molecule has 0 radical (unpaired) electrons. The van der Waals surface area contributed by atoms with Gasteiger partial charge >= 0.3 is 0 Å². The Hall–Kier alpha value is -0.900. The van der Waals surface area contributed by atoms with Crippen LogP contribution in [0.15, 0.2) is 0 Å². The molecule has 17 heavy (non-hydrogen) atoms. The minimum atomic E-state index is -1.03. The summed E-state index contributed by atoms with van der Waals surface area (Å²) in [7, 11) is 0. The summed E-state index contributed by atoms with van der Waals surface area (Å²) in [5.74, 6) is 0. The van der Waals surface area contributed by atoms with Crippen LogP contribution in [0.1, 0.15) is 6.42 Å². The molecule has 1 atom stereocenters. The Labute approximate surface area is 101 Å². The summed E-state index contributed by atoms with van der Waals surface area (Å²) in [4.78, 5) is 5.31. The van der Waals surface area contributed by atoms with Crippen molar-refractivity contribution in [1.82, 2.24) is 14.7 Å². The molecule has 2 heterocycles. The summed E-state index contributed by atoms with van der Waals surface area (Å²) < 4.78 is 19.6. The van der Waals surface area contributed by atoms with Crippen LogP contribution in [0, 0.1) is 11.5 Å². The maximum atomic E-state index is 14.3. The average molecular weight is 242 g/mol. The lowest BCUT2D eigenvalue weighted by Gasteiger charge is -2.37. The van der Waals surface area contributed by atoms with E-state index >= 15 is 0 Å². The Bertz CT molecular complexity index is 267. The van der Waals surface area contributed by atoms with E-state index in [2.05, 4.69) is 6.19 Å². The number of hydrogen-bond acceptors (Lipinski definition) is 5. The van der Waals surface area contributed by atoms with E-state index in [4.69, 9.17) is 10.00 Å². The number of piperazine rings is 1. The van der Waals surface area contributed by atoms with Crippen molar-refractivity contribution in [2.75, 3.05) is 52.5 Å². The Morgan fingerprint density at radius 1 is 1.00 bits per heavy atom. The number of halogens is 1. The highest BCUT2D eigenvalue weighted by molar-refractivity contribution is 4.82. The van der Waals surface area contributed by atoms with Crippen LogP contribution in [-0.2, 0) is 4.74 Å². The topological polar surface area (TPSA) is 42.7 Å². The molecule has 96 valence electrons. The highest BCUT2D eigenvalue weighted by Gasteiger charge is 2.28. The van der Waals surface area contributed by atoms with Crippen LogP contribution in [0.3, 0.4) is 0 Å². The van der Waals surface area contributed by atoms with E-state index in [-0.39, 0.29) is 0 Å². The molecule has 0 aliphatic carbocycles. The van der Waals surface area contributed by atoms with Crippen LogP contribution >= 0.6 is 0 Å². The first kappa shape index (κ1) is 12.6. The van der Waals surface area contributed by atoms with E-state index < -0.39 is 6.42 Å². The van der Waals surface area contributed by atoms with Crippen molar-refractivity contribution in [1.29, 1.82) is 5.26 Å². The van der Waals surface area contributed by atoms with Gasteiger partial charge in [0.05, 0.1) is 6.61 Å². The largest absolute Gasteiger partial charge is 0.380 e. The van der Waals surface area contributed by atoms with Crippen LogP contribution in [0.4, 0.5) is 4.39 Å². The van der Waals surface area contributed by atoms with E-state index in [1.54, 1.807) is 9.80 Å². The standard InChI is InChI=1S/C11H19FN4O/c12-11(15-2-1-8-17-9-7-15)16-5-3-14(10-13)4-6-16/h11H,1-9H2. The van der Waals surface area contributed by atoms with Crippen LogP contribution < -0.4 is 0 Å². The van der Waals surface area contributed by atoms with Gasteiger partial charge in [0.2, 0.25) is 6.42 Å². The molecule has 0 N–H and O–H groups in total. The number of rotatable bonds is 2. The molecule has 0 amide bonds. The summed E-state index contributed by atoms with van der Waals surface area (Å²) >= 11 is 0. The molecule has 2 fully saturated rings. The van der Waals surface area contributed by atoms with Crippen molar-refractivity contribution in [3.05, 3.63) is 0 Å². The lowest BCUT2D eigenvalue weighted by atomic mass is 10.3. The third-order valence-corrected chi connectivity index (χ3v) is 3.32. The van der Waals surface area contributed by atoms with E-state index in [1.165, 1.54) is 0 Å². The second kappa shape index (κ2) is 6.15. The molecule has 2 aliphatic heterocycles.